The van der Waals surface area contributed by atoms with Gasteiger partial charge in [-0.05, 0) is 29.8 Å². The van der Waals surface area contributed by atoms with E-state index in [1.807, 2.05) is 0 Å². The molecular weight excluding hydrogens is 532 g/mol. The van der Waals surface area contributed by atoms with Crippen LogP contribution in [0.15, 0.2) is 55.0 Å². The molecule has 0 fully saturated rings. The second-order valence-corrected chi connectivity index (χ2v) is 9.11. The van der Waals surface area contributed by atoms with E-state index in [0.717, 1.165) is 28.5 Å². The van der Waals surface area contributed by atoms with E-state index < -0.39 is 23.9 Å². The van der Waals surface area contributed by atoms with Crippen LogP contribution in [0.4, 0.5) is 23.4 Å². The molecule has 0 unspecified atom stereocenters. The maximum absolute atomic E-state index is 15.2. The van der Waals surface area contributed by atoms with Crippen LogP contribution in [0, 0.1) is 5.82 Å². The molecule has 0 spiro atoms. The molecule has 0 saturated heterocycles. The molecule has 10 nitrogen and oxygen atoms in total. The number of nitrogen functional groups attached to an aromatic ring is 1. The van der Waals surface area contributed by atoms with Crippen molar-refractivity contribution < 1.29 is 27.2 Å². The summed E-state index contributed by atoms with van der Waals surface area (Å²) in [5.41, 5.74) is 7.71. The van der Waals surface area contributed by atoms with Crippen LogP contribution < -0.4 is 5.73 Å². The van der Waals surface area contributed by atoms with Crippen LogP contribution in [0.2, 0.25) is 0 Å². The number of amides is 2. The summed E-state index contributed by atoms with van der Waals surface area (Å²) in [6, 6.07) is 8.56. The standard InChI is InChI=1S/C26H22F4N8O2/c1-14(39)36(3)37(12-17-5-4-15(9-21(17)27)18-10-33-38(13-18)26(28,29)30)25(40)16-6-7-22-19(8-16)23-20(24(31)34-22)11-32-35(23)2/h4-11,13H,12H2,1-3H3,(H2,31,34). The smallest absolute Gasteiger partial charge is 0.383 e. The van der Waals surface area contributed by atoms with Gasteiger partial charge in [0, 0.05) is 49.3 Å². The lowest BCUT2D eigenvalue weighted by molar-refractivity contribution is -0.212. The fourth-order valence-corrected chi connectivity index (χ4v) is 4.35. The molecule has 0 atom stereocenters. The number of hydrazine groups is 1. The highest BCUT2D eigenvalue weighted by Crippen LogP contribution is 2.30. The molecule has 3 aromatic heterocycles. The number of aryl methyl sites for hydroxylation is 1. The molecular formula is C26H22F4N8O2. The molecule has 40 heavy (non-hydrogen) atoms. The highest BCUT2D eigenvalue weighted by Gasteiger charge is 2.32. The van der Waals surface area contributed by atoms with Crippen LogP contribution in [0.3, 0.4) is 0 Å². The lowest BCUT2D eigenvalue weighted by Gasteiger charge is -2.31. The summed E-state index contributed by atoms with van der Waals surface area (Å²) in [6.45, 7) is 0.923. The van der Waals surface area contributed by atoms with Gasteiger partial charge in [0.05, 0.1) is 35.4 Å². The van der Waals surface area contributed by atoms with Gasteiger partial charge in [0.15, 0.2) is 0 Å². The van der Waals surface area contributed by atoms with Crippen LogP contribution >= 0.6 is 0 Å². The fourth-order valence-electron chi connectivity index (χ4n) is 4.35. The molecule has 2 N–H and O–H groups in total. The Balaban J connectivity index is 1.50. The van der Waals surface area contributed by atoms with Gasteiger partial charge in [-0.1, -0.05) is 12.1 Å². The zero-order valence-corrected chi connectivity index (χ0v) is 21.4. The largest absolute Gasteiger partial charge is 0.504 e. The van der Waals surface area contributed by atoms with Gasteiger partial charge >= 0.3 is 6.30 Å². The number of aromatic nitrogens is 5. The Kier molecular flexibility index (Phi) is 6.40. The summed E-state index contributed by atoms with van der Waals surface area (Å²) in [6.07, 6.45) is -1.41. The van der Waals surface area contributed by atoms with Crippen molar-refractivity contribution in [2.24, 2.45) is 7.05 Å². The normalized spacial score (nSPS) is 11.8. The third-order valence-electron chi connectivity index (χ3n) is 6.56. The third kappa shape index (κ3) is 4.67. The van der Waals surface area contributed by atoms with Crippen molar-refractivity contribution in [2.75, 3.05) is 12.8 Å². The van der Waals surface area contributed by atoms with Crippen molar-refractivity contribution in [2.45, 2.75) is 19.8 Å². The molecule has 5 rings (SSSR count). The Bertz CT molecular complexity index is 1790. The minimum Gasteiger partial charge on any atom is -0.383 e. The fraction of sp³-hybridized carbons (Fsp3) is 0.192. The highest BCUT2D eigenvalue weighted by molar-refractivity contribution is 6.10. The minimum atomic E-state index is -4.71. The number of anilines is 1. The van der Waals surface area contributed by atoms with Gasteiger partial charge in [-0.2, -0.15) is 14.9 Å². The van der Waals surface area contributed by atoms with Crippen molar-refractivity contribution in [1.29, 1.82) is 0 Å². The average molecular weight is 555 g/mol. The van der Waals surface area contributed by atoms with E-state index >= 15 is 4.39 Å². The molecule has 3 heterocycles. The van der Waals surface area contributed by atoms with E-state index in [2.05, 4.69) is 15.2 Å². The van der Waals surface area contributed by atoms with Crippen LogP contribution in [-0.2, 0) is 24.7 Å². The Morgan fingerprint density at radius 2 is 1.77 bits per heavy atom. The van der Waals surface area contributed by atoms with E-state index in [-0.39, 0.29) is 39.3 Å². The number of rotatable bonds is 4. The minimum absolute atomic E-state index is 0.0395. The Morgan fingerprint density at radius 1 is 1.02 bits per heavy atom. The molecule has 0 aliphatic rings. The lowest BCUT2D eigenvalue weighted by atomic mass is 10.1. The van der Waals surface area contributed by atoms with Crippen LogP contribution in [-0.4, -0.2) is 53.4 Å². The zero-order valence-electron chi connectivity index (χ0n) is 21.4. The Labute approximate surface area is 224 Å². The second-order valence-electron chi connectivity index (χ2n) is 9.11. The second kappa shape index (κ2) is 9.63. The number of alkyl halides is 3. The number of carbonyl (C=O) groups is 2. The molecule has 0 bridgehead atoms. The first-order chi connectivity index (χ1) is 18.8. The number of carbonyl (C=O) groups excluding carboxylic acids is 2. The summed E-state index contributed by atoms with van der Waals surface area (Å²) in [7, 11) is 3.10. The van der Waals surface area contributed by atoms with E-state index in [1.54, 1.807) is 30.1 Å². The van der Waals surface area contributed by atoms with Gasteiger partial charge in [0.25, 0.3) is 5.91 Å². The van der Waals surface area contributed by atoms with E-state index in [9.17, 15) is 22.8 Å². The average Bonchev–Trinajstić information content (AvgIpc) is 3.55. The molecule has 2 amide bonds. The van der Waals surface area contributed by atoms with E-state index in [0.29, 0.717) is 21.8 Å². The van der Waals surface area contributed by atoms with E-state index in [1.165, 1.54) is 32.2 Å². The van der Waals surface area contributed by atoms with Gasteiger partial charge in [-0.15, -0.1) is 13.2 Å². The number of fused-ring (bicyclic) bond motifs is 3. The van der Waals surface area contributed by atoms with E-state index in [4.69, 9.17) is 5.73 Å². The first-order valence-electron chi connectivity index (χ1n) is 11.8. The number of pyridine rings is 1. The first-order valence-corrected chi connectivity index (χ1v) is 11.8. The molecule has 0 saturated carbocycles. The predicted octanol–water partition coefficient (Wildman–Crippen LogP) is 4.22. The molecule has 206 valence electrons. The maximum Gasteiger partial charge on any atom is 0.504 e. The third-order valence-corrected chi connectivity index (χ3v) is 6.56. The van der Waals surface area contributed by atoms with Crippen LogP contribution in [0.25, 0.3) is 32.9 Å². The van der Waals surface area contributed by atoms with Crippen molar-refractivity contribution in [3.05, 3.63) is 71.9 Å². The maximum atomic E-state index is 15.2. The number of nitrogens with zero attached hydrogens (tertiary/aromatic N) is 7. The molecule has 14 heteroatoms. The number of halogens is 4. The molecule has 5 aromatic rings. The first kappa shape index (κ1) is 26.6. The number of hydrogen-bond acceptors (Lipinski definition) is 6. The zero-order chi connectivity index (χ0) is 28.9. The molecule has 0 radical (unpaired) electrons. The molecule has 0 aliphatic carbocycles. The van der Waals surface area contributed by atoms with Crippen molar-refractivity contribution in [3.63, 3.8) is 0 Å². The Morgan fingerprint density at radius 3 is 2.42 bits per heavy atom. The molecule has 0 aliphatic heterocycles. The monoisotopic (exact) mass is 554 g/mol. The van der Waals surface area contributed by atoms with Gasteiger partial charge in [-0.25, -0.2) is 14.4 Å². The van der Waals surface area contributed by atoms with Crippen LogP contribution in [0.5, 0.6) is 0 Å². The van der Waals surface area contributed by atoms with Gasteiger partial charge < -0.3 is 5.73 Å². The number of nitrogens with two attached hydrogens (primary N) is 1. The summed E-state index contributed by atoms with van der Waals surface area (Å²) < 4.78 is 55.3. The Hall–Kier alpha value is -5.01. The van der Waals surface area contributed by atoms with Crippen molar-refractivity contribution in [3.8, 4) is 11.1 Å². The van der Waals surface area contributed by atoms with Gasteiger partial charge in [0.2, 0.25) is 5.91 Å². The summed E-state index contributed by atoms with van der Waals surface area (Å²) >= 11 is 0. The van der Waals surface area contributed by atoms with Crippen molar-refractivity contribution in [1.82, 2.24) is 34.6 Å². The quantitative estimate of drug-likeness (QED) is 0.263. The van der Waals surface area contributed by atoms with Gasteiger partial charge in [-0.3, -0.25) is 19.3 Å². The molecule has 2 aromatic carbocycles. The van der Waals surface area contributed by atoms with Gasteiger partial charge in [0.1, 0.15) is 11.6 Å². The summed E-state index contributed by atoms with van der Waals surface area (Å²) in [5.74, 6) is -1.56. The number of benzene rings is 2. The number of hydrogen-bond donors (Lipinski definition) is 1. The SMILES string of the molecule is CC(=O)N(C)N(Cc1ccc(-c2cnn(C(F)(F)F)c2)cc1F)C(=O)c1ccc2nc(N)c3cnn(C)c3c2c1. The summed E-state index contributed by atoms with van der Waals surface area (Å²) in [5, 5.41) is 10.8. The van der Waals surface area contributed by atoms with Crippen molar-refractivity contribution >= 4 is 39.4 Å². The highest BCUT2D eigenvalue weighted by atomic mass is 19.4. The lowest BCUT2D eigenvalue weighted by Crippen LogP contribution is -2.46. The topological polar surface area (TPSA) is 115 Å². The predicted molar refractivity (Wildman–Crippen MR) is 138 cm³/mol. The summed E-state index contributed by atoms with van der Waals surface area (Å²) in [4.78, 5) is 30.3. The van der Waals surface area contributed by atoms with Crippen LogP contribution in [0.1, 0.15) is 22.8 Å².